The number of hydrogen-bond donors (Lipinski definition) is 1. The first-order valence-electron chi connectivity index (χ1n) is 7.87. The highest BCUT2D eigenvalue weighted by molar-refractivity contribution is 6.31. The summed E-state index contributed by atoms with van der Waals surface area (Å²) in [5, 5.41) is 4.07. The van der Waals surface area contributed by atoms with Crippen molar-refractivity contribution in [1.82, 2.24) is 19.8 Å². The number of imidazole rings is 1. The molecule has 23 heavy (non-hydrogen) atoms. The number of hydrogen-bond acceptors (Lipinski definition) is 3. The van der Waals surface area contributed by atoms with E-state index in [1.807, 2.05) is 47.0 Å². The molecule has 1 unspecified atom stereocenters. The molecule has 1 aliphatic rings. The second-order valence-corrected chi connectivity index (χ2v) is 6.20. The minimum atomic E-state index is -0.0116. The zero-order valence-corrected chi connectivity index (χ0v) is 14.0. The predicted octanol–water partition coefficient (Wildman–Crippen LogP) is 2.18. The summed E-state index contributed by atoms with van der Waals surface area (Å²) in [5.74, 6) is 1.07. The molecule has 1 N–H and O–H groups in total. The maximum atomic E-state index is 12.7. The van der Waals surface area contributed by atoms with Crippen molar-refractivity contribution >= 4 is 17.5 Å². The second-order valence-electron chi connectivity index (χ2n) is 5.79. The van der Waals surface area contributed by atoms with Gasteiger partial charge in [0, 0.05) is 50.5 Å². The van der Waals surface area contributed by atoms with E-state index in [0.29, 0.717) is 19.4 Å². The van der Waals surface area contributed by atoms with Gasteiger partial charge in [-0.15, -0.1) is 0 Å². The average molecular weight is 333 g/mol. The van der Waals surface area contributed by atoms with Crippen molar-refractivity contribution in [2.45, 2.75) is 18.9 Å². The number of amides is 1. The van der Waals surface area contributed by atoms with Crippen LogP contribution in [0.15, 0.2) is 36.7 Å². The number of carbonyl (C=O) groups is 1. The van der Waals surface area contributed by atoms with Crippen molar-refractivity contribution in [3.8, 4) is 0 Å². The average Bonchev–Trinajstić information content (AvgIpc) is 3.00. The molecule has 1 amide bonds. The number of halogens is 1. The standard InChI is InChI=1S/C17H21ClN4O/c1-21-10-9-20-17(21)15-12-19-8-11-22(15)16(23)7-6-13-4-2-3-5-14(13)18/h2-5,9-10,15,19H,6-8,11-12H2,1H3. The van der Waals surface area contributed by atoms with E-state index in [0.717, 1.165) is 29.5 Å². The predicted molar refractivity (Wildman–Crippen MR) is 90.3 cm³/mol. The van der Waals surface area contributed by atoms with Crippen LogP contribution in [-0.2, 0) is 18.3 Å². The Balaban J connectivity index is 1.69. The van der Waals surface area contributed by atoms with Crippen LogP contribution in [0.4, 0.5) is 0 Å². The topological polar surface area (TPSA) is 50.2 Å². The molecule has 3 rings (SSSR count). The Morgan fingerprint density at radius 2 is 2.26 bits per heavy atom. The van der Waals surface area contributed by atoms with Crippen molar-refractivity contribution in [3.05, 3.63) is 53.1 Å². The quantitative estimate of drug-likeness (QED) is 0.933. The van der Waals surface area contributed by atoms with Crippen LogP contribution in [0.25, 0.3) is 0 Å². The lowest BCUT2D eigenvalue weighted by Crippen LogP contribution is -2.49. The molecule has 6 heteroatoms. The van der Waals surface area contributed by atoms with Gasteiger partial charge >= 0.3 is 0 Å². The van der Waals surface area contributed by atoms with Gasteiger partial charge < -0.3 is 14.8 Å². The monoisotopic (exact) mass is 332 g/mol. The van der Waals surface area contributed by atoms with Crippen molar-refractivity contribution in [2.24, 2.45) is 7.05 Å². The zero-order chi connectivity index (χ0) is 16.2. The minimum Gasteiger partial charge on any atom is -0.336 e. The van der Waals surface area contributed by atoms with Crippen molar-refractivity contribution < 1.29 is 4.79 Å². The van der Waals surface area contributed by atoms with Crippen LogP contribution in [0, 0.1) is 0 Å². The largest absolute Gasteiger partial charge is 0.336 e. The molecule has 1 saturated heterocycles. The molecule has 0 bridgehead atoms. The lowest BCUT2D eigenvalue weighted by atomic mass is 10.1. The third-order valence-electron chi connectivity index (χ3n) is 4.29. The number of aromatic nitrogens is 2. The molecule has 2 heterocycles. The summed E-state index contributed by atoms with van der Waals surface area (Å²) in [4.78, 5) is 19.1. The maximum Gasteiger partial charge on any atom is 0.223 e. The van der Waals surface area contributed by atoms with E-state index in [-0.39, 0.29) is 11.9 Å². The maximum absolute atomic E-state index is 12.7. The Morgan fingerprint density at radius 3 is 3.00 bits per heavy atom. The lowest BCUT2D eigenvalue weighted by molar-refractivity contribution is -0.134. The Labute approximate surface area is 141 Å². The Bertz CT molecular complexity index is 685. The van der Waals surface area contributed by atoms with Crippen molar-refractivity contribution in [3.63, 3.8) is 0 Å². The molecule has 1 aromatic heterocycles. The fraction of sp³-hybridized carbons (Fsp3) is 0.412. The number of nitrogens with one attached hydrogen (secondary N) is 1. The van der Waals surface area contributed by atoms with Crippen LogP contribution in [0.2, 0.25) is 5.02 Å². The van der Waals surface area contributed by atoms with Gasteiger partial charge in [-0.3, -0.25) is 4.79 Å². The molecule has 0 spiro atoms. The van der Waals surface area contributed by atoms with Crippen molar-refractivity contribution in [2.75, 3.05) is 19.6 Å². The fourth-order valence-electron chi connectivity index (χ4n) is 3.02. The Morgan fingerprint density at radius 1 is 1.43 bits per heavy atom. The number of benzene rings is 1. The van der Waals surface area contributed by atoms with E-state index < -0.39 is 0 Å². The van der Waals surface area contributed by atoms with E-state index in [2.05, 4.69) is 10.3 Å². The first kappa shape index (κ1) is 16.0. The second kappa shape index (κ2) is 7.15. The molecule has 1 atom stereocenters. The summed E-state index contributed by atoms with van der Waals surface area (Å²) in [5.41, 5.74) is 1.02. The lowest BCUT2D eigenvalue weighted by Gasteiger charge is -2.36. The van der Waals surface area contributed by atoms with Crippen LogP contribution < -0.4 is 5.32 Å². The summed E-state index contributed by atoms with van der Waals surface area (Å²) in [6.45, 7) is 2.26. The van der Waals surface area contributed by atoms with E-state index in [9.17, 15) is 4.79 Å². The van der Waals surface area contributed by atoms with Gasteiger partial charge in [0.25, 0.3) is 0 Å². The first-order chi connectivity index (χ1) is 11.2. The van der Waals surface area contributed by atoms with Gasteiger partial charge in [0.2, 0.25) is 5.91 Å². The summed E-state index contributed by atoms with van der Waals surface area (Å²) in [6, 6.07) is 7.68. The van der Waals surface area contributed by atoms with Gasteiger partial charge in [-0.1, -0.05) is 29.8 Å². The molecular weight excluding hydrogens is 312 g/mol. The summed E-state index contributed by atoms with van der Waals surface area (Å²) in [6.07, 6.45) is 4.81. The van der Waals surface area contributed by atoms with Crippen LogP contribution in [0.5, 0.6) is 0 Å². The third kappa shape index (κ3) is 3.57. The first-order valence-corrected chi connectivity index (χ1v) is 8.25. The highest BCUT2D eigenvalue weighted by Gasteiger charge is 2.30. The molecular formula is C17H21ClN4O. The highest BCUT2D eigenvalue weighted by atomic mass is 35.5. The van der Waals surface area contributed by atoms with Crippen LogP contribution in [0.1, 0.15) is 23.9 Å². The number of carbonyl (C=O) groups excluding carboxylic acids is 1. The number of piperazine rings is 1. The van der Waals surface area contributed by atoms with E-state index in [1.54, 1.807) is 6.20 Å². The Kier molecular flexibility index (Phi) is 4.98. The molecule has 0 aliphatic carbocycles. The highest BCUT2D eigenvalue weighted by Crippen LogP contribution is 2.23. The molecule has 2 aromatic rings. The fourth-order valence-corrected chi connectivity index (χ4v) is 3.25. The number of aryl methyl sites for hydroxylation is 2. The summed E-state index contributed by atoms with van der Waals surface area (Å²) >= 11 is 6.18. The van der Waals surface area contributed by atoms with Gasteiger partial charge in [-0.05, 0) is 18.1 Å². The number of rotatable bonds is 4. The normalized spacial score (nSPS) is 18.2. The van der Waals surface area contributed by atoms with Gasteiger partial charge in [-0.2, -0.15) is 0 Å². The van der Waals surface area contributed by atoms with Crippen molar-refractivity contribution in [1.29, 1.82) is 0 Å². The van der Waals surface area contributed by atoms with Crippen LogP contribution in [-0.4, -0.2) is 40.0 Å². The number of nitrogens with zero attached hydrogens (tertiary/aromatic N) is 3. The minimum absolute atomic E-state index is 0.0116. The summed E-state index contributed by atoms with van der Waals surface area (Å²) in [7, 11) is 1.96. The van der Waals surface area contributed by atoms with E-state index in [4.69, 9.17) is 11.6 Å². The molecule has 122 valence electrons. The smallest absolute Gasteiger partial charge is 0.223 e. The van der Waals surface area contributed by atoms with Gasteiger partial charge in [0.05, 0.1) is 0 Å². The third-order valence-corrected chi connectivity index (χ3v) is 4.66. The molecule has 0 radical (unpaired) electrons. The molecule has 1 aromatic carbocycles. The molecule has 0 saturated carbocycles. The van der Waals surface area contributed by atoms with E-state index in [1.165, 1.54) is 0 Å². The van der Waals surface area contributed by atoms with Crippen LogP contribution in [0.3, 0.4) is 0 Å². The zero-order valence-electron chi connectivity index (χ0n) is 13.2. The van der Waals surface area contributed by atoms with Gasteiger partial charge in [-0.25, -0.2) is 4.98 Å². The molecule has 5 nitrogen and oxygen atoms in total. The summed E-state index contributed by atoms with van der Waals surface area (Å²) < 4.78 is 1.98. The van der Waals surface area contributed by atoms with Gasteiger partial charge in [0.15, 0.2) is 0 Å². The SMILES string of the molecule is Cn1ccnc1C1CNCCN1C(=O)CCc1ccccc1Cl. The Hall–Kier alpha value is -1.85. The van der Waals surface area contributed by atoms with Gasteiger partial charge in [0.1, 0.15) is 11.9 Å². The van der Waals surface area contributed by atoms with Crippen LogP contribution >= 0.6 is 11.6 Å². The van der Waals surface area contributed by atoms with E-state index >= 15 is 0 Å². The molecule has 1 aliphatic heterocycles. The molecule has 1 fully saturated rings.